The van der Waals surface area contributed by atoms with Gasteiger partial charge in [0.25, 0.3) is 0 Å². The van der Waals surface area contributed by atoms with Crippen molar-refractivity contribution in [2.45, 2.75) is 31.8 Å². The van der Waals surface area contributed by atoms with Crippen molar-refractivity contribution < 1.29 is 14.7 Å². The van der Waals surface area contributed by atoms with E-state index >= 15 is 0 Å². The smallest absolute Gasteiger partial charge is 0.303 e. The Morgan fingerprint density at radius 2 is 2.13 bits per heavy atom. The van der Waals surface area contributed by atoms with E-state index in [1.807, 2.05) is 4.90 Å². The zero-order valence-electron chi connectivity index (χ0n) is 8.98. The van der Waals surface area contributed by atoms with Crippen LogP contribution in [0.25, 0.3) is 0 Å². The maximum absolute atomic E-state index is 10.7. The summed E-state index contributed by atoms with van der Waals surface area (Å²) < 4.78 is 0. The number of nitrogens with zero attached hydrogens (tertiary/aromatic N) is 1. The molecule has 1 saturated heterocycles. The van der Waals surface area contributed by atoms with Gasteiger partial charge in [0, 0.05) is 19.5 Å². The van der Waals surface area contributed by atoms with Gasteiger partial charge in [0.1, 0.15) is 5.66 Å². The van der Waals surface area contributed by atoms with Crippen molar-refractivity contribution in [3.8, 4) is 0 Å². The molecule has 0 unspecified atom stereocenters. The minimum Gasteiger partial charge on any atom is -0.481 e. The Hall–Kier alpha value is -0.940. The molecule has 1 fully saturated rings. The Labute approximate surface area is 89.2 Å². The van der Waals surface area contributed by atoms with Gasteiger partial charge in [0.15, 0.2) is 6.29 Å². The Bertz CT molecular complexity index is 245. The number of carbonyl (C=O) groups is 2. The Kier molecular flexibility index (Phi) is 3.82. The van der Waals surface area contributed by atoms with Gasteiger partial charge in [-0.1, -0.05) is 0 Å². The molecule has 5 nitrogen and oxygen atoms in total. The van der Waals surface area contributed by atoms with E-state index in [1.165, 1.54) is 0 Å². The lowest BCUT2D eigenvalue weighted by Gasteiger charge is -2.39. The molecule has 0 bridgehead atoms. The van der Waals surface area contributed by atoms with Gasteiger partial charge in [-0.3, -0.25) is 14.5 Å². The van der Waals surface area contributed by atoms with Crippen LogP contribution < -0.4 is 5.73 Å². The van der Waals surface area contributed by atoms with Crippen LogP contribution in [-0.4, -0.2) is 41.0 Å². The molecular formula is C10H18N2O3. The van der Waals surface area contributed by atoms with Crippen molar-refractivity contribution in [2.24, 2.45) is 11.7 Å². The van der Waals surface area contributed by atoms with E-state index in [4.69, 9.17) is 10.8 Å². The summed E-state index contributed by atoms with van der Waals surface area (Å²) in [6.07, 6.45) is 2.56. The third-order valence-electron chi connectivity index (χ3n) is 3.00. The van der Waals surface area contributed by atoms with E-state index in [9.17, 15) is 9.59 Å². The lowest BCUT2D eigenvalue weighted by atomic mass is 9.92. The van der Waals surface area contributed by atoms with Gasteiger partial charge in [-0.05, 0) is 25.7 Å². The molecule has 0 radical (unpaired) electrons. The first-order valence-electron chi connectivity index (χ1n) is 5.18. The van der Waals surface area contributed by atoms with Crippen LogP contribution in [0.2, 0.25) is 0 Å². The van der Waals surface area contributed by atoms with Gasteiger partial charge in [-0.2, -0.15) is 0 Å². The monoisotopic (exact) mass is 214 g/mol. The summed E-state index contributed by atoms with van der Waals surface area (Å²) >= 11 is 0. The lowest BCUT2D eigenvalue weighted by Crippen LogP contribution is -2.57. The summed E-state index contributed by atoms with van der Waals surface area (Å²) in [5.74, 6) is -0.527. The zero-order chi connectivity index (χ0) is 11.5. The first-order valence-corrected chi connectivity index (χ1v) is 5.18. The molecule has 1 aliphatic heterocycles. The second kappa shape index (κ2) is 4.72. The number of rotatable bonds is 4. The van der Waals surface area contributed by atoms with Crippen molar-refractivity contribution in [2.75, 3.05) is 13.1 Å². The maximum Gasteiger partial charge on any atom is 0.303 e. The molecule has 0 amide bonds. The number of carbonyl (C=O) groups excluding carboxylic acids is 1. The molecule has 0 saturated carbocycles. The summed E-state index contributed by atoms with van der Waals surface area (Å²) in [5, 5.41) is 8.64. The Morgan fingerprint density at radius 1 is 1.60 bits per heavy atom. The molecule has 86 valence electrons. The first-order chi connectivity index (χ1) is 6.95. The highest BCUT2D eigenvalue weighted by Crippen LogP contribution is 2.23. The second-order valence-corrected chi connectivity index (χ2v) is 4.37. The quantitative estimate of drug-likeness (QED) is 0.646. The van der Waals surface area contributed by atoms with Gasteiger partial charge in [-0.25, -0.2) is 0 Å². The largest absolute Gasteiger partial charge is 0.481 e. The fraction of sp³-hybridized carbons (Fsp3) is 0.800. The third kappa shape index (κ3) is 3.28. The number of hydrogen-bond donors (Lipinski definition) is 2. The van der Waals surface area contributed by atoms with Gasteiger partial charge in [0.05, 0.1) is 0 Å². The molecule has 1 aliphatic rings. The van der Waals surface area contributed by atoms with E-state index in [2.05, 4.69) is 0 Å². The molecule has 5 heteroatoms. The van der Waals surface area contributed by atoms with Gasteiger partial charge in [-0.15, -0.1) is 0 Å². The number of carboxylic acids is 1. The molecule has 0 aromatic heterocycles. The van der Waals surface area contributed by atoms with Crippen molar-refractivity contribution in [1.82, 2.24) is 4.90 Å². The van der Waals surface area contributed by atoms with Crippen LogP contribution in [-0.2, 0) is 9.59 Å². The zero-order valence-corrected chi connectivity index (χ0v) is 8.98. The number of nitrogens with two attached hydrogens (primary N) is 1. The topological polar surface area (TPSA) is 83.6 Å². The fourth-order valence-corrected chi connectivity index (χ4v) is 1.94. The number of aliphatic carboxylic acids is 1. The van der Waals surface area contributed by atoms with Crippen molar-refractivity contribution >= 4 is 12.3 Å². The number of carboxylic acid groups (broad SMARTS) is 1. The second-order valence-electron chi connectivity index (χ2n) is 4.37. The molecule has 1 rings (SSSR count). The predicted molar refractivity (Wildman–Crippen MR) is 55.2 cm³/mol. The minimum atomic E-state index is -0.909. The fourth-order valence-electron chi connectivity index (χ4n) is 1.94. The summed E-state index contributed by atoms with van der Waals surface area (Å²) in [6.45, 7) is 3.07. The molecule has 0 spiro atoms. The minimum absolute atomic E-state index is 0.218. The molecular weight excluding hydrogens is 196 g/mol. The molecule has 0 aliphatic carbocycles. The standard InChI is InChI=1S/C10H18N2O3/c1-10(11,7-13)12-4-2-8(3-5-12)6-9(14)15/h7-8H,2-6,11H2,1H3,(H,14,15)/t10-/m0/s1. The number of aldehydes is 1. The van der Waals surface area contributed by atoms with E-state index in [0.29, 0.717) is 13.1 Å². The van der Waals surface area contributed by atoms with E-state index in [0.717, 1.165) is 19.1 Å². The predicted octanol–water partition coefficient (Wildman–Crippen LogP) is 0.0469. The molecule has 1 atom stereocenters. The lowest BCUT2D eigenvalue weighted by molar-refractivity contribution is -0.138. The molecule has 1 heterocycles. The summed E-state index contributed by atoms with van der Waals surface area (Å²) in [4.78, 5) is 23.1. The van der Waals surface area contributed by atoms with Crippen LogP contribution in [0, 0.1) is 5.92 Å². The first kappa shape index (κ1) is 12.1. The van der Waals surface area contributed by atoms with Crippen molar-refractivity contribution in [3.05, 3.63) is 0 Å². The number of hydrogen-bond acceptors (Lipinski definition) is 4. The highest BCUT2D eigenvalue weighted by atomic mass is 16.4. The SMILES string of the molecule is C[C@@](N)(C=O)N1CCC(CC(=O)O)CC1. The van der Waals surface area contributed by atoms with E-state index < -0.39 is 11.6 Å². The average Bonchev–Trinajstić information content (AvgIpc) is 2.18. The molecule has 3 N–H and O–H groups in total. The van der Waals surface area contributed by atoms with Crippen LogP contribution in [0.15, 0.2) is 0 Å². The summed E-state index contributed by atoms with van der Waals surface area (Å²) in [6, 6.07) is 0. The number of likely N-dealkylation sites (tertiary alicyclic amines) is 1. The normalized spacial score (nSPS) is 23.3. The molecule has 0 aromatic carbocycles. The third-order valence-corrected chi connectivity index (χ3v) is 3.00. The van der Waals surface area contributed by atoms with Crippen molar-refractivity contribution in [3.63, 3.8) is 0 Å². The van der Waals surface area contributed by atoms with Crippen LogP contribution in [0.4, 0.5) is 0 Å². The highest BCUT2D eigenvalue weighted by Gasteiger charge is 2.31. The molecule has 15 heavy (non-hydrogen) atoms. The van der Waals surface area contributed by atoms with Crippen LogP contribution in [0.1, 0.15) is 26.2 Å². The highest BCUT2D eigenvalue weighted by molar-refractivity contribution is 5.67. The van der Waals surface area contributed by atoms with Crippen LogP contribution >= 0.6 is 0 Å². The Morgan fingerprint density at radius 3 is 2.53 bits per heavy atom. The van der Waals surface area contributed by atoms with Gasteiger partial charge < -0.3 is 10.8 Å². The summed E-state index contributed by atoms with van der Waals surface area (Å²) in [5.41, 5.74) is 4.87. The Balaban J connectivity index is 2.42. The summed E-state index contributed by atoms with van der Waals surface area (Å²) in [7, 11) is 0. The van der Waals surface area contributed by atoms with Crippen LogP contribution in [0.5, 0.6) is 0 Å². The van der Waals surface area contributed by atoms with E-state index in [1.54, 1.807) is 6.92 Å². The average molecular weight is 214 g/mol. The van der Waals surface area contributed by atoms with Gasteiger partial charge >= 0.3 is 5.97 Å². The van der Waals surface area contributed by atoms with Crippen LogP contribution in [0.3, 0.4) is 0 Å². The van der Waals surface area contributed by atoms with Gasteiger partial charge in [0.2, 0.25) is 0 Å². The number of piperidine rings is 1. The van der Waals surface area contributed by atoms with E-state index in [-0.39, 0.29) is 12.3 Å². The maximum atomic E-state index is 10.7. The molecule has 0 aromatic rings. The van der Waals surface area contributed by atoms with Crippen molar-refractivity contribution in [1.29, 1.82) is 0 Å².